The first-order valence-electron chi connectivity index (χ1n) is 8.80. The first kappa shape index (κ1) is 17.1. The normalized spacial score (nSPS) is 28.2. The largest absolute Gasteiger partial charge is 0.314 e. The van der Waals surface area contributed by atoms with Crippen molar-refractivity contribution >= 4 is 14.6 Å². The van der Waals surface area contributed by atoms with Gasteiger partial charge in [0.25, 0.3) is 0 Å². The summed E-state index contributed by atoms with van der Waals surface area (Å²) < 4.78 is 0. The second-order valence-electron chi connectivity index (χ2n) is 7.26. The number of hydrogen-bond acceptors (Lipinski definition) is 1. The Morgan fingerprint density at radius 2 is 1.89 bits per heavy atom. The van der Waals surface area contributed by atoms with E-state index < -0.39 is 0 Å². The standard InChI is InChI=1S/C16H35B2N/c1-6-16(2,3)15-13(12-18-5)8-7-9-14(15)19-11-10-17-4/h13-15,17-19H,6-12H2,1-5H3/t13-,14?,15+/m0/s1. The first-order chi connectivity index (χ1) is 9.06. The van der Waals surface area contributed by atoms with Crippen LogP contribution < -0.4 is 5.32 Å². The Labute approximate surface area is 123 Å². The van der Waals surface area contributed by atoms with Crippen molar-refractivity contribution in [1.29, 1.82) is 0 Å². The first-order valence-corrected chi connectivity index (χ1v) is 8.80. The van der Waals surface area contributed by atoms with Gasteiger partial charge in [0.1, 0.15) is 14.6 Å². The van der Waals surface area contributed by atoms with Gasteiger partial charge in [0.2, 0.25) is 0 Å². The Morgan fingerprint density at radius 3 is 2.47 bits per heavy atom. The van der Waals surface area contributed by atoms with E-state index in [1.54, 1.807) is 0 Å². The fraction of sp³-hybridized carbons (Fsp3) is 1.00. The van der Waals surface area contributed by atoms with E-state index in [-0.39, 0.29) is 0 Å². The highest BCUT2D eigenvalue weighted by molar-refractivity contribution is 6.33. The molecule has 0 aromatic rings. The molecule has 1 fully saturated rings. The molecule has 110 valence electrons. The highest BCUT2D eigenvalue weighted by atomic mass is 14.9. The molecule has 0 bridgehead atoms. The van der Waals surface area contributed by atoms with Crippen molar-refractivity contribution in [3.05, 3.63) is 0 Å². The van der Waals surface area contributed by atoms with Crippen LogP contribution in [0.15, 0.2) is 0 Å². The SMILES string of the molecule is CBCCNC1CCC[C@@H](CBC)[C@H]1C(C)(C)CC. The topological polar surface area (TPSA) is 12.0 Å². The summed E-state index contributed by atoms with van der Waals surface area (Å²) in [5, 5.41) is 3.90. The van der Waals surface area contributed by atoms with Crippen LogP contribution in [0.5, 0.6) is 0 Å². The second kappa shape index (κ2) is 8.39. The van der Waals surface area contributed by atoms with Gasteiger partial charge in [-0.25, -0.2) is 0 Å². The van der Waals surface area contributed by atoms with E-state index in [0.29, 0.717) is 5.41 Å². The minimum absolute atomic E-state index is 0.490. The highest BCUT2D eigenvalue weighted by Crippen LogP contribution is 2.45. The van der Waals surface area contributed by atoms with Crippen LogP contribution in [-0.2, 0) is 0 Å². The molecule has 0 saturated heterocycles. The minimum atomic E-state index is 0.490. The maximum Gasteiger partial charge on any atom is 0.119 e. The van der Waals surface area contributed by atoms with Gasteiger partial charge in [-0.05, 0) is 30.2 Å². The van der Waals surface area contributed by atoms with E-state index in [4.69, 9.17) is 0 Å². The number of rotatable bonds is 8. The molecule has 0 aromatic carbocycles. The smallest absolute Gasteiger partial charge is 0.119 e. The monoisotopic (exact) mass is 263 g/mol. The molecular weight excluding hydrogens is 228 g/mol. The second-order valence-corrected chi connectivity index (χ2v) is 7.26. The van der Waals surface area contributed by atoms with Crippen molar-refractivity contribution in [2.24, 2.45) is 17.3 Å². The van der Waals surface area contributed by atoms with Crippen LogP contribution in [0, 0.1) is 17.3 Å². The fourth-order valence-corrected chi connectivity index (χ4v) is 4.09. The molecule has 0 amide bonds. The van der Waals surface area contributed by atoms with Crippen molar-refractivity contribution < 1.29 is 0 Å². The molecular formula is C16H35B2N. The minimum Gasteiger partial charge on any atom is -0.314 e. The zero-order chi connectivity index (χ0) is 14.3. The molecule has 1 saturated carbocycles. The van der Waals surface area contributed by atoms with Crippen LogP contribution >= 0.6 is 0 Å². The summed E-state index contributed by atoms with van der Waals surface area (Å²) in [6.45, 7) is 13.2. The Kier molecular flexibility index (Phi) is 7.57. The van der Waals surface area contributed by atoms with Crippen LogP contribution in [0.25, 0.3) is 0 Å². The Bertz CT molecular complexity index is 241. The average molecular weight is 263 g/mol. The number of nitrogens with one attached hydrogen (secondary N) is 1. The molecule has 3 atom stereocenters. The Hall–Kier alpha value is 0.0899. The third kappa shape index (κ3) is 4.85. The van der Waals surface area contributed by atoms with Crippen molar-refractivity contribution in [2.45, 2.75) is 78.8 Å². The zero-order valence-corrected chi connectivity index (χ0v) is 14.1. The zero-order valence-electron chi connectivity index (χ0n) is 14.1. The third-order valence-corrected chi connectivity index (χ3v) is 5.44. The maximum atomic E-state index is 3.90. The molecule has 1 aliphatic carbocycles. The van der Waals surface area contributed by atoms with Gasteiger partial charge in [-0.3, -0.25) is 0 Å². The van der Waals surface area contributed by atoms with E-state index in [2.05, 4.69) is 39.7 Å². The van der Waals surface area contributed by atoms with Gasteiger partial charge >= 0.3 is 0 Å². The van der Waals surface area contributed by atoms with Gasteiger partial charge in [-0.15, -0.1) is 0 Å². The summed E-state index contributed by atoms with van der Waals surface area (Å²) in [4.78, 5) is 0. The summed E-state index contributed by atoms with van der Waals surface area (Å²) in [5.74, 6) is 1.83. The lowest BCUT2D eigenvalue weighted by atomic mass is 9.56. The molecule has 0 aromatic heterocycles. The van der Waals surface area contributed by atoms with Crippen molar-refractivity contribution in [1.82, 2.24) is 5.32 Å². The van der Waals surface area contributed by atoms with Crippen molar-refractivity contribution in [2.75, 3.05) is 6.54 Å². The molecule has 0 spiro atoms. The van der Waals surface area contributed by atoms with Gasteiger partial charge in [0.05, 0.1) is 0 Å². The van der Waals surface area contributed by atoms with E-state index in [1.165, 1.54) is 59.4 Å². The van der Waals surface area contributed by atoms with Crippen LogP contribution in [0.1, 0.15) is 46.5 Å². The summed E-state index contributed by atoms with van der Waals surface area (Å²) in [6.07, 6.45) is 8.37. The summed E-state index contributed by atoms with van der Waals surface area (Å²) >= 11 is 0. The molecule has 1 nitrogen and oxygen atoms in total. The summed E-state index contributed by atoms with van der Waals surface area (Å²) in [5.41, 5.74) is 0.490. The Balaban J connectivity index is 2.74. The molecule has 19 heavy (non-hydrogen) atoms. The van der Waals surface area contributed by atoms with Gasteiger partial charge in [0.15, 0.2) is 0 Å². The molecule has 1 unspecified atom stereocenters. The van der Waals surface area contributed by atoms with Gasteiger partial charge in [-0.2, -0.15) is 0 Å². The molecule has 0 aliphatic heterocycles. The molecule has 1 rings (SSSR count). The van der Waals surface area contributed by atoms with Gasteiger partial charge in [-0.1, -0.05) is 66.3 Å². The molecule has 1 aliphatic rings. The van der Waals surface area contributed by atoms with Gasteiger partial charge < -0.3 is 5.32 Å². The summed E-state index contributed by atoms with van der Waals surface area (Å²) in [6, 6.07) is 0.770. The lowest BCUT2D eigenvalue weighted by Crippen LogP contribution is -2.49. The van der Waals surface area contributed by atoms with E-state index >= 15 is 0 Å². The van der Waals surface area contributed by atoms with Crippen molar-refractivity contribution in [3.63, 3.8) is 0 Å². The molecule has 0 heterocycles. The molecule has 1 N–H and O–H groups in total. The lowest BCUT2D eigenvalue weighted by Gasteiger charge is -2.48. The lowest BCUT2D eigenvalue weighted by molar-refractivity contribution is 0.0627. The quantitative estimate of drug-likeness (QED) is 0.521. The van der Waals surface area contributed by atoms with Gasteiger partial charge in [0, 0.05) is 6.04 Å². The van der Waals surface area contributed by atoms with Crippen molar-refractivity contribution in [3.8, 4) is 0 Å². The summed E-state index contributed by atoms with van der Waals surface area (Å²) in [7, 11) is 2.66. The van der Waals surface area contributed by atoms with E-state index in [1.807, 2.05) is 0 Å². The van der Waals surface area contributed by atoms with Crippen LogP contribution in [-0.4, -0.2) is 27.1 Å². The van der Waals surface area contributed by atoms with Crippen LogP contribution in [0.4, 0.5) is 0 Å². The fourth-order valence-electron chi connectivity index (χ4n) is 4.09. The average Bonchev–Trinajstić information content (AvgIpc) is 2.39. The van der Waals surface area contributed by atoms with E-state index in [0.717, 1.165) is 17.9 Å². The predicted octanol–water partition coefficient (Wildman–Crippen LogP) is 3.60. The highest BCUT2D eigenvalue weighted by Gasteiger charge is 2.41. The predicted molar refractivity (Wildman–Crippen MR) is 92.3 cm³/mol. The van der Waals surface area contributed by atoms with Crippen LogP contribution in [0.3, 0.4) is 0 Å². The molecule has 0 radical (unpaired) electrons. The maximum absolute atomic E-state index is 3.90. The molecule has 3 heteroatoms. The Morgan fingerprint density at radius 1 is 1.16 bits per heavy atom. The van der Waals surface area contributed by atoms with Crippen LogP contribution in [0.2, 0.25) is 26.3 Å². The third-order valence-electron chi connectivity index (χ3n) is 5.44. The number of hydrogen-bond donors (Lipinski definition) is 1. The van der Waals surface area contributed by atoms with E-state index in [9.17, 15) is 0 Å².